The van der Waals surface area contributed by atoms with Gasteiger partial charge in [0.25, 0.3) is 0 Å². The van der Waals surface area contributed by atoms with E-state index < -0.39 is 0 Å². The lowest BCUT2D eigenvalue weighted by atomic mass is 9.88. The second kappa shape index (κ2) is 8.69. The molecule has 3 aromatic rings. The van der Waals surface area contributed by atoms with Gasteiger partial charge in [0.1, 0.15) is 19.0 Å². The zero-order chi connectivity index (χ0) is 20.1. The highest BCUT2D eigenvalue weighted by molar-refractivity contribution is 5.92. The average Bonchev–Trinajstić information content (AvgIpc) is 2.78. The smallest absolute Gasteiger partial charge is 0.225 e. The maximum atomic E-state index is 12.9. The van der Waals surface area contributed by atoms with Gasteiger partial charge >= 0.3 is 0 Å². The van der Waals surface area contributed by atoms with Gasteiger partial charge in [-0.1, -0.05) is 42.5 Å². The minimum atomic E-state index is -0.0636. The van der Waals surface area contributed by atoms with E-state index in [-0.39, 0.29) is 11.8 Å². The van der Waals surface area contributed by atoms with Crippen LogP contribution in [0.2, 0.25) is 0 Å². The zero-order valence-corrected chi connectivity index (χ0v) is 16.3. The van der Waals surface area contributed by atoms with E-state index in [0.29, 0.717) is 36.8 Å². The van der Waals surface area contributed by atoms with Crippen molar-refractivity contribution >= 4 is 11.6 Å². The van der Waals surface area contributed by atoms with Gasteiger partial charge in [-0.05, 0) is 35.4 Å². The van der Waals surface area contributed by atoms with Crippen LogP contribution in [0.3, 0.4) is 0 Å². The normalized spacial score (nSPS) is 13.4. The van der Waals surface area contributed by atoms with Gasteiger partial charge in [0.2, 0.25) is 5.91 Å². The third kappa shape index (κ3) is 4.51. The van der Waals surface area contributed by atoms with E-state index in [2.05, 4.69) is 5.32 Å². The van der Waals surface area contributed by atoms with Crippen molar-refractivity contribution in [3.05, 3.63) is 83.9 Å². The van der Waals surface area contributed by atoms with E-state index in [4.69, 9.17) is 14.2 Å². The molecule has 1 amide bonds. The Kier molecular flexibility index (Phi) is 5.66. The van der Waals surface area contributed by atoms with Crippen LogP contribution in [-0.4, -0.2) is 26.2 Å². The molecule has 1 aliphatic rings. The fourth-order valence-electron chi connectivity index (χ4n) is 3.47. The van der Waals surface area contributed by atoms with Crippen molar-refractivity contribution in [1.29, 1.82) is 0 Å². The van der Waals surface area contributed by atoms with E-state index in [9.17, 15) is 4.79 Å². The minimum Gasteiger partial charge on any atom is -0.497 e. The monoisotopic (exact) mass is 389 g/mol. The second-order valence-corrected chi connectivity index (χ2v) is 6.85. The van der Waals surface area contributed by atoms with Crippen molar-refractivity contribution in [3.63, 3.8) is 0 Å². The predicted octanol–water partition coefficient (Wildman–Crippen LogP) is 4.63. The van der Waals surface area contributed by atoms with Crippen molar-refractivity contribution < 1.29 is 19.0 Å². The lowest BCUT2D eigenvalue weighted by Gasteiger charge is -2.20. The first kappa shape index (κ1) is 18.9. The molecule has 0 aromatic heterocycles. The third-order valence-corrected chi connectivity index (χ3v) is 4.94. The highest BCUT2D eigenvalue weighted by Crippen LogP contribution is 2.33. The number of hydrogen-bond acceptors (Lipinski definition) is 4. The molecule has 1 aliphatic heterocycles. The number of hydrogen-bond donors (Lipinski definition) is 1. The molecular weight excluding hydrogens is 366 g/mol. The quantitative estimate of drug-likeness (QED) is 0.668. The van der Waals surface area contributed by atoms with Gasteiger partial charge in [-0.25, -0.2) is 0 Å². The Morgan fingerprint density at radius 3 is 2.34 bits per heavy atom. The van der Waals surface area contributed by atoms with Gasteiger partial charge in [0, 0.05) is 24.1 Å². The van der Waals surface area contributed by atoms with Crippen LogP contribution in [0.25, 0.3) is 0 Å². The van der Waals surface area contributed by atoms with Crippen LogP contribution in [0.1, 0.15) is 23.5 Å². The molecule has 1 atom stereocenters. The molecule has 1 N–H and O–H groups in total. The van der Waals surface area contributed by atoms with E-state index in [1.54, 1.807) is 13.2 Å². The first-order chi connectivity index (χ1) is 14.2. The summed E-state index contributed by atoms with van der Waals surface area (Å²) in [6.45, 7) is 1.05. The summed E-state index contributed by atoms with van der Waals surface area (Å²) in [4.78, 5) is 12.9. The van der Waals surface area contributed by atoms with Gasteiger partial charge in [-0.3, -0.25) is 4.79 Å². The fourth-order valence-corrected chi connectivity index (χ4v) is 3.47. The Morgan fingerprint density at radius 2 is 1.62 bits per heavy atom. The van der Waals surface area contributed by atoms with Gasteiger partial charge in [0.15, 0.2) is 11.5 Å². The molecule has 1 unspecified atom stereocenters. The largest absolute Gasteiger partial charge is 0.497 e. The van der Waals surface area contributed by atoms with Gasteiger partial charge in [0.05, 0.1) is 7.11 Å². The molecular formula is C24H23NO4. The van der Waals surface area contributed by atoms with Gasteiger partial charge < -0.3 is 19.5 Å². The Labute approximate surface area is 170 Å². The Hall–Kier alpha value is -3.47. The summed E-state index contributed by atoms with van der Waals surface area (Å²) in [6.07, 6.45) is 0.324. The van der Waals surface area contributed by atoms with Crippen LogP contribution in [0.4, 0.5) is 5.69 Å². The summed E-state index contributed by atoms with van der Waals surface area (Å²) in [6, 6.07) is 23.4. The van der Waals surface area contributed by atoms with Crippen LogP contribution in [0.5, 0.6) is 17.2 Å². The molecule has 4 rings (SSSR count). The van der Waals surface area contributed by atoms with Crippen LogP contribution in [0, 0.1) is 0 Å². The number of ether oxygens (including phenoxy) is 3. The maximum absolute atomic E-state index is 12.9. The number of fused-ring (bicyclic) bond motifs is 1. The van der Waals surface area contributed by atoms with E-state index in [1.807, 2.05) is 66.7 Å². The standard InChI is InChI=1S/C24H23NO4/c1-27-20-10-7-18(8-11-20)21(17-5-3-2-4-6-17)16-24(26)25-19-9-12-22-23(15-19)29-14-13-28-22/h2-12,15,21H,13-14,16H2,1H3,(H,25,26). The summed E-state index contributed by atoms with van der Waals surface area (Å²) in [5.41, 5.74) is 2.85. The number of carbonyl (C=O) groups excluding carboxylic acids is 1. The van der Waals surface area contributed by atoms with E-state index >= 15 is 0 Å². The Bertz CT molecular complexity index is 970. The fraction of sp³-hybridized carbons (Fsp3) is 0.208. The van der Waals surface area contributed by atoms with Crippen molar-refractivity contribution in [2.45, 2.75) is 12.3 Å². The number of benzene rings is 3. The van der Waals surface area contributed by atoms with Crippen molar-refractivity contribution in [2.75, 3.05) is 25.6 Å². The maximum Gasteiger partial charge on any atom is 0.225 e. The number of rotatable bonds is 6. The van der Waals surface area contributed by atoms with Crippen LogP contribution in [0.15, 0.2) is 72.8 Å². The SMILES string of the molecule is COc1ccc(C(CC(=O)Nc2ccc3c(c2)OCCO3)c2ccccc2)cc1. The number of anilines is 1. The van der Waals surface area contributed by atoms with Crippen molar-refractivity contribution in [2.24, 2.45) is 0 Å². The molecule has 0 spiro atoms. The summed E-state index contributed by atoms with van der Waals surface area (Å²) < 4.78 is 16.4. The average molecular weight is 389 g/mol. The Balaban J connectivity index is 1.53. The number of methoxy groups -OCH3 is 1. The lowest BCUT2D eigenvalue weighted by molar-refractivity contribution is -0.116. The second-order valence-electron chi connectivity index (χ2n) is 6.85. The summed E-state index contributed by atoms with van der Waals surface area (Å²) in [7, 11) is 1.64. The van der Waals surface area contributed by atoms with Crippen molar-refractivity contribution in [1.82, 2.24) is 0 Å². The predicted molar refractivity (Wildman–Crippen MR) is 112 cm³/mol. The van der Waals surface area contributed by atoms with E-state index in [0.717, 1.165) is 16.9 Å². The van der Waals surface area contributed by atoms with Gasteiger partial charge in [-0.15, -0.1) is 0 Å². The molecule has 0 fully saturated rings. The summed E-state index contributed by atoms with van der Waals surface area (Å²) >= 11 is 0. The summed E-state index contributed by atoms with van der Waals surface area (Å²) in [5.74, 6) is 2.03. The first-order valence-corrected chi connectivity index (χ1v) is 9.61. The molecule has 0 saturated heterocycles. The molecule has 29 heavy (non-hydrogen) atoms. The molecule has 3 aromatic carbocycles. The molecule has 5 nitrogen and oxygen atoms in total. The molecule has 0 aliphatic carbocycles. The molecule has 0 saturated carbocycles. The first-order valence-electron chi connectivity index (χ1n) is 9.61. The molecule has 0 radical (unpaired) electrons. The van der Waals surface area contributed by atoms with Crippen molar-refractivity contribution in [3.8, 4) is 17.2 Å². The highest BCUT2D eigenvalue weighted by Gasteiger charge is 2.19. The Morgan fingerprint density at radius 1 is 0.931 bits per heavy atom. The lowest BCUT2D eigenvalue weighted by Crippen LogP contribution is -2.18. The molecule has 148 valence electrons. The number of nitrogens with one attached hydrogen (secondary N) is 1. The van der Waals surface area contributed by atoms with Gasteiger partial charge in [-0.2, -0.15) is 0 Å². The van der Waals surface area contributed by atoms with Crippen LogP contribution < -0.4 is 19.5 Å². The molecule has 0 bridgehead atoms. The van der Waals surface area contributed by atoms with Crippen LogP contribution >= 0.6 is 0 Å². The number of carbonyl (C=O) groups is 1. The summed E-state index contributed by atoms with van der Waals surface area (Å²) in [5, 5.41) is 2.99. The van der Waals surface area contributed by atoms with E-state index in [1.165, 1.54) is 0 Å². The molecule has 1 heterocycles. The van der Waals surface area contributed by atoms with Crippen LogP contribution in [-0.2, 0) is 4.79 Å². The third-order valence-electron chi connectivity index (χ3n) is 4.94. The highest BCUT2D eigenvalue weighted by atomic mass is 16.6. The molecule has 5 heteroatoms. The topological polar surface area (TPSA) is 56.8 Å². The minimum absolute atomic E-state index is 0.0562. The number of amides is 1. The zero-order valence-electron chi connectivity index (χ0n) is 16.3.